The third-order valence-electron chi connectivity index (χ3n) is 3.78. The van der Waals surface area contributed by atoms with E-state index in [4.69, 9.17) is 4.42 Å². The molecule has 0 fully saturated rings. The van der Waals surface area contributed by atoms with Gasteiger partial charge < -0.3 is 4.42 Å². The molecule has 0 amide bonds. The van der Waals surface area contributed by atoms with Crippen molar-refractivity contribution in [1.82, 2.24) is 14.8 Å². The molecule has 0 atom stereocenters. The maximum absolute atomic E-state index is 12.3. The van der Waals surface area contributed by atoms with Gasteiger partial charge in [0.1, 0.15) is 16.5 Å². The van der Waals surface area contributed by atoms with Gasteiger partial charge in [-0.15, -0.1) is 0 Å². The zero-order valence-electron chi connectivity index (χ0n) is 12.2. The maximum Gasteiger partial charge on any atom is 0.347 e. The first-order valence-corrected chi connectivity index (χ1v) is 6.99. The molecule has 0 unspecified atom stereocenters. The topological polar surface area (TPSA) is 60.9 Å². The first-order valence-electron chi connectivity index (χ1n) is 6.99. The summed E-state index contributed by atoms with van der Waals surface area (Å²) < 4.78 is 7.11. The van der Waals surface area contributed by atoms with E-state index in [1.54, 1.807) is 16.9 Å². The maximum atomic E-state index is 12.3. The number of hydrogen-bond donors (Lipinski definition) is 0. The number of benzene rings is 1. The number of pyridine rings is 1. The highest BCUT2D eigenvalue weighted by molar-refractivity contribution is 6.03. The van der Waals surface area contributed by atoms with Crippen LogP contribution in [0.15, 0.2) is 51.8 Å². The lowest BCUT2D eigenvalue weighted by atomic mass is 10.1. The fourth-order valence-electron chi connectivity index (χ4n) is 2.71. The average molecular weight is 291 g/mol. The Kier molecular flexibility index (Phi) is 2.63. The summed E-state index contributed by atoms with van der Waals surface area (Å²) in [7, 11) is 0. The first-order chi connectivity index (χ1) is 10.6. The molecule has 4 aromatic rings. The SMILES string of the molecule is Cc1ccc2oc(=O)c3c(C)n(-c4ccccn4)nc3c2c1. The highest BCUT2D eigenvalue weighted by Gasteiger charge is 2.17. The predicted octanol–water partition coefficient (Wildman–Crippen LogP) is 3.14. The molecular formula is C17H13N3O2. The second-order valence-electron chi connectivity index (χ2n) is 5.30. The van der Waals surface area contributed by atoms with Crippen molar-refractivity contribution < 1.29 is 4.42 Å². The van der Waals surface area contributed by atoms with E-state index < -0.39 is 0 Å². The lowest BCUT2D eigenvalue weighted by molar-refractivity contribution is 0.569. The molecule has 0 aliphatic carbocycles. The minimum Gasteiger partial charge on any atom is -0.422 e. The van der Waals surface area contributed by atoms with Crippen LogP contribution in [0.4, 0.5) is 0 Å². The van der Waals surface area contributed by atoms with Gasteiger partial charge in [-0.2, -0.15) is 5.10 Å². The molecule has 0 aliphatic rings. The molecule has 5 nitrogen and oxygen atoms in total. The highest BCUT2D eigenvalue weighted by atomic mass is 16.4. The molecular weight excluding hydrogens is 278 g/mol. The summed E-state index contributed by atoms with van der Waals surface area (Å²) in [6, 6.07) is 11.3. The molecule has 4 rings (SSSR count). The number of aryl methyl sites for hydroxylation is 2. The second-order valence-corrected chi connectivity index (χ2v) is 5.30. The summed E-state index contributed by atoms with van der Waals surface area (Å²) in [6.45, 7) is 3.85. The van der Waals surface area contributed by atoms with E-state index in [-0.39, 0.29) is 5.63 Å². The van der Waals surface area contributed by atoms with Crippen LogP contribution in [0.5, 0.6) is 0 Å². The molecule has 22 heavy (non-hydrogen) atoms. The van der Waals surface area contributed by atoms with Crippen LogP contribution in [0.3, 0.4) is 0 Å². The average Bonchev–Trinajstić information content (AvgIpc) is 2.88. The van der Waals surface area contributed by atoms with Crippen LogP contribution in [-0.4, -0.2) is 14.8 Å². The number of hydrogen-bond acceptors (Lipinski definition) is 4. The molecule has 0 saturated carbocycles. The Morgan fingerprint density at radius 1 is 1.14 bits per heavy atom. The van der Waals surface area contributed by atoms with Crippen LogP contribution in [0.25, 0.3) is 27.7 Å². The van der Waals surface area contributed by atoms with Crippen LogP contribution in [0.1, 0.15) is 11.3 Å². The van der Waals surface area contributed by atoms with Gasteiger partial charge in [-0.05, 0) is 38.1 Å². The normalized spacial score (nSPS) is 11.4. The van der Waals surface area contributed by atoms with Gasteiger partial charge in [-0.3, -0.25) is 0 Å². The third kappa shape index (κ3) is 1.75. The Balaban J connectivity index is 2.17. The fourth-order valence-corrected chi connectivity index (χ4v) is 2.71. The third-order valence-corrected chi connectivity index (χ3v) is 3.78. The number of nitrogens with zero attached hydrogens (tertiary/aromatic N) is 3. The Hall–Kier alpha value is -2.95. The summed E-state index contributed by atoms with van der Waals surface area (Å²) in [5.41, 5.74) is 2.65. The highest BCUT2D eigenvalue weighted by Crippen LogP contribution is 2.25. The smallest absolute Gasteiger partial charge is 0.347 e. The van der Waals surface area contributed by atoms with Crippen molar-refractivity contribution >= 4 is 21.9 Å². The Morgan fingerprint density at radius 2 is 2.00 bits per heavy atom. The van der Waals surface area contributed by atoms with Gasteiger partial charge >= 0.3 is 5.63 Å². The van der Waals surface area contributed by atoms with E-state index in [0.29, 0.717) is 22.3 Å². The molecule has 3 aromatic heterocycles. The largest absolute Gasteiger partial charge is 0.422 e. The summed E-state index contributed by atoms with van der Waals surface area (Å²) >= 11 is 0. The molecule has 0 saturated heterocycles. The van der Waals surface area contributed by atoms with Gasteiger partial charge in [0.25, 0.3) is 0 Å². The van der Waals surface area contributed by atoms with Gasteiger partial charge in [0.15, 0.2) is 5.82 Å². The molecule has 0 N–H and O–H groups in total. The molecule has 0 bridgehead atoms. The molecule has 0 spiro atoms. The number of aromatic nitrogens is 3. The molecule has 0 radical (unpaired) electrons. The lowest BCUT2D eigenvalue weighted by Crippen LogP contribution is -2.02. The standard InChI is InChI=1S/C17H13N3O2/c1-10-6-7-13-12(9-10)16-15(17(21)22-13)11(2)20(19-16)14-5-3-4-8-18-14/h3-9H,1-2H3. The van der Waals surface area contributed by atoms with Crippen LogP contribution < -0.4 is 5.63 Å². The summed E-state index contributed by atoms with van der Waals surface area (Å²) in [5.74, 6) is 0.677. The lowest BCUT2D eigenvalue weighted by Gasteiger charge is -2.00. The molecule has 5 heteroatoms. The molecule has 3 heterocycles. The summed E-state index contributed by atoms with van der Waals surface area (Å²) in [5, 5.41) is 5.95. The summed E-state index contributed by atoms with van der Waals surface area (Å²) in [4.78, 5) is 16.6. The number of rotatable bonds is 1. The Labute approximate surface area is 125 Å². The fraction of sp³-hybridized carbons (Fsp3) is 0.118. The summed E-state index contributed by atoms with van der Waals surface area (Å²) in [6.07, 6.45) is 1.70. The Morgan fingerprint density at radius 3 is 2.77 bits per heavy atom. The zero-order valence-corrected chi connectivity index (χ0v) is 12.2. The molecule has 0 aliphatic heterocycles. The van der Waals surface area contributed by atoms with E-state index in [2.05, 4.69) is 10.1 Å². The van der Waals surface area contributed by atoms with Crippen molar-refractivity contribution in [2.24, 2.45) is 0 Å². The van der Waals surface area contributed by atoms with Crippen LogP contribution >= 0.6 is 0 Å². The van der Waals surface area contributed by atoms with Crippen molar-refractivity contribution in [3.05, 3.63) is 64.3 Å². The van der Waals surface area contributed by atoms with E-state index in [1.807, 2.05) is 44.2 Å². The van der Waals surface area contributed by atoms with E-state index >= 15 is 0 Å². The van der Waals surface area contributed by atoms with E-state index in [0.717, 1.165) is 16.6 Å². The predicted molar refractivity (Wildman–Crippen MR) is 84.4 cm³/mol. The van der Waals surface area contributed by atoms with Crippen LogP contribution in [-0.2, 0) is 0 Å². The number of fused-ring (bicyclic) bond motifs is 3. The van der Waals surface area contributed by atoms with Gasteiger partial charge in [-0.25, -0.2) is 14.5 Å². The van der Waals surface area contributed by atoms with Crippen LogP contribution in [0.2, 0.25) is 0 Å². The van der Waals surface area contributed by atoms with Crippen molar-refractivity contribution in [3.63, 3.8) is 0 Å². The van der Waals surface area contributed by atoms with Crippen molar-refractivity contribution in [3.8, 4) is 5.82 Å². The van der Waals surface area contributed by atoms with E-state index in [9.17, 15) is 4.79 Å². The van der Waals surface area contributed by atoms with Crippen molar-refractivity contribution in [2.75, 3.05) is 0 Å². The van der Waals surface area contributed by atoms with Gasteiger partial charge in [0.05, 0.1) is 5.69 Å². The zero-order chi connectivity index (χ0) is 15.3. The van der Waals surface area contributed by atoms with Gasteiger partial charge in [-0.1, -0.05) is 17.7 Å². The minimum atomic E-state index is -0.369. The molecule has 1 aromatic carbocycles. The van der Waals surface area contributed by atoms with Crippen LogP contribution in [0, 0.1) is 13.8 Å². The van der Waals surface area contributed by atoms with Gasteiger partial charge in [0.2, 0.25) is 0 Å². The molecule has 108 valence electrons. The second kappa shape index (κ2) is 4.53. The van der Waals surface area contributed by atoms with E-state index in [1.165, 1.54) is 0 Å². The Bertz CT molecular complexity index is 1060. The first kappa shape index (κ1) is 12.8. The van der Waals surface area contributed by atoms with Crippen molar-refractivity contribution in [1.29, 1.82) is 0 Å². The monoisotopic (exact) mass is 291 g/mol. The quantitative estimate of drug-likeness (QED) is 0.505. The van der Waals surface area contributed by atoms with Gasteiger partial charge in [0, 0.05) is 11.6 Å². The van der Waals surface area contributed by atoms with Crippen molar-refractivity contribution in [2.45, 2.75) is 13.8 Å². The minimum absolute atomic E-state index is 0.369.